The number of likely N-dealkylation sites (tertiary alicyclic amines) is 1. The van der Waals surface area contributed by atoms with E-state index in [1.165, 1.54) is 30.6 Å². The van der Waals surface area contributed by atoms with Gasteiger partial charge in [0.25, 0.3) is 11.8 Å². The highest BCUT2D eigenvalue weighted by Gasteiger charge is 2.39. The molecule has 1 fully saturated rings. The van der Waals surface area contributed by atoms with Crippen molar-refractivity contribution >= 4 is 57.1 Å². The molecule has 0 aliphatic carbocycles. The molecule has 1 aromatic carbocycles. The number of pyridine rings is 1. The van der Waals surface area contributed by atoms with Crippen molar-refractivity contribution in [3.8, 4) is 11.6 Å². The van der Waals surface area contributed by atoms with Gasteiger partial charge in [-0.05, 0) is 47.6 Å². The Hall–Kier alpha value is -2.65. The first-order valence-corrected chi connectivity index (χ1v) is 14.6. The number of methoxy groups -OCH3 is 1. The maximum atomic E-state index is 13.6. The molecular formula is C26H23ClF3IN4O4S. The third-order valence-corrected chi connectivity index (χ3v) is 8.62. The van der Waals surface area contributed by atoms with E-state index in [9.17, 15) is 18.0 Å². The number of oxime groups is 1. The monoisotopic (exact) mass is 706 g/mol. The molecular weight excluding hydrogens is 684 g/mol. The summed E-state index contributed by atoms with van der Waals surface area (Å²) in [5.41, 5.74) is 0.103. The van der Waals surface area contributed by atoms with Crippen molar-refractivity contribution in [3.63, 3.8) is 0 Å². The van der Waals surface area contributed by atoms with Gasteiger partial charge >= 0.3 is 6.18 Å². The van der Waals surface area contributed by atoms with E-state index < -0.39 is 17.8 Å². The summed E-state index contributed by atoms with van der Waals surface area (Å²) >= 11 is 9.71. The number of thiazole rings is 1. The molecule has 2 aliphatic rings. The number of piperidine rings is 1. The average Bonchev–Trinajstić information content (AvgIpc) is 3.62. The van der Waals surface area contributed by atoms with Crippen LogP contribution < -0.4 is 9.47 Å². The molecule has 1 atom stereocenters. The van der Waals surface area contributed by atoms with Crippen LogP contribution in [0.1, 0.15) is 53.1 Å². The smallest absolute Gasteiger partial charge is 0.416 e. The Morgan fingerprint density at radius 1 is 1.30 bits per heavy atom. The summed E-state index contributed by atoms with van der Waals surface area (Å²) in [6, 6.07) is 5.43. The van der Waals surface area contributed by atoms with Crippen LogP contribution >= 0.6 is 45.5 Å². The first-order chi connectivity index (χ1) is 19.1. The molecule has 3 aromatic rings. The van der Waals surface area contributed by atoms with Gasteiger partial charge in [-0.1, -0.05) is 22.8 Å². The number of nitrogens with zero attached hydrogens (tertiary/aromatic N) is 4. The van der Waals surface area contributed by atoms with Crippen LogP contribution in [0.15, 0.2) is 41.0 Å². The number of alkyl halides is 3. The fourth-order valence-electron chi connectivity index (χ4n) is 4.67. The zero-order valence-corrected chi connectivity index (χ0v) is 24.8. The van der Waals surface area contributed by atoms with Crippen LogP contribution in [-0.4, -0.2) is 53.3 Å². The molecule has 14 heteroatoms. The van der Waals surface area contributed by atoms with E-state index in [0.717, 1.165) is 27.5 Å². The van der Waals surface area contributed by atoms with Gasteiger partial charge in [-0.3, -0.25) is 4.79 Å². The quantitative estimate of drug-likeness (QED) is 0.262. The summed E-state index contributed by atoms with van der Waals surface area (Å²) in [5.74, 6) is 0.768. The van der Waals surface area contributed by atoms with Crippen molar-refractivity contribution in [1.29, 1.82) is 0 Å². The second kappa shape index (κ2) is 12.1. The molecule has 1 amide bonds. The minimum atomic E-state index is -4.56. The number of aromatic nitrogens is 2. The minimum Gasteiger partial charge on any atom is -0.478 e. The number of carbonyl (C=O) groups is 1. The third-order valence-electron chi connectivity index (χ3n) is 6.69. The van der Waals surface area contributed by atoms with Crippen molar-refractivity contribution in [3.05, 3.63) is 66.3 Å². The van der Waals surface area contributed by atoms with E-state index in [0.29, 0.717) is 36.1 Å². The molecule has 1 unspecified atom stereocenters. The maximum absolute atomic E-state index is 13.6. The molecule has 0 saturated carbocycles. The molecule has 212 valence electrons. The van der Waals surface area contributed by atoms with Crippen molar-refractivity contribution < 1.29 is 32.3 Å². The van der Waals surface area contributed by atoms with Crippen LogP contribution in [0, 0.1) is 3.57 Å². The standard InChI is InChI=1S/C26H23ClF3IN4O4S/c1-37-24-21(9-15(31)11-32-24)38-12-22(36)35-7-5-14(6-8-35)25-33-19(13-40-25)18-10-20(39-34-18)23-16(26(28,29)30)3-2-4-17(23)27/h2-4,9,11,13-14,20H,5-8,10,12H2,1H3. The van der Waals surface area contributed by atoms with E-state index in [1.54, 1.807) is 17.2 Å². The second-order valence-corrected chi connectivity index (χ2v) is 11.8. The van der Waals surface area contributed by atoms with Crippen molar-refractivity contribution in [1.82, 2.24) is 14.9 Å². The first kappa shape index (κ1) is 28.9. The lowest BCUT2D eigenvalue weighted by atomic mass is 9.97. The summed E-state index contributed by atoms with van der Waals surface area (Å²) in [5, 5.41) is 6.76. The number of benzene rings is 1. The Morgan fingerprint density at radius 3 is 2.80 bits per heavy atom. The number of hydrogen-bond donors (Lipinski definition) is 0. The highest BCUT2D eigenvalue weighted by Crippen LogP contribution is 2.42. The van der Waals surface area contributed by atoms with Crippen molar-refractivity contribution in [2.45, 2.75) is 37.5 Å². The largest absolute Gasteiger partial charge is 0.478 e. The number of carbonyl (C=O) groups excluding carboxylic acids is 1. The van der Waals surface area contributed by atoms with Gasteiger partial charge in [0.1, 0.15) is 5.71 Å². The zero-order valence-electron chi connectivity index (χ0n) is 21.1. The van der Waals surface area contributed by atoms with Gasteiger partial charge < -0.3 is 19.2 Å². The Labute approximate surface area is 250 Å². The predicted molar refractivity (Wildman–Crippen MR) is 151 cm³/mol. The molecule has 8 nitrogen and oxygen atoms in total. The first-order valence-electron chi connectivity index (χ1n) is 12.3. The molecule has 0 bridgehead atoms. The fourth-order valence-corrected chi connectivity index (χ4v) is 6.39. The predicted octanol–water partition coefficient (Wildman–Crippen LogP) is 6.47. The summed E-state index contributed by atoms with van der Waals surface area (Å²) in [6.45, 7) is 0.997. The highest BCUT2D eigenvalue weighted by molar-refractivity contribution is 14.1. The molecule has 4 heterocycles. The van der Waals surface area contributed by atoms with Gasteiger partial charge in [-0.25, -0.2) is 9.97 Å². The summed E-state index contributed by atoms with van der Waals surface area (Å²) < 4.78 is 52.4. The molecule has 0 radical (unpaired) electrons. The number of halogens is 5. The lowest BCUT2D eigenvalue weighted by Gasteiger charge is -2.31. The SMILES string of the molecule is COc1ncc(I)cc1OCC(=O)N1CCC(c2nc(C3=NOC(c4c(Cl)cccc4C(F)(F)F)C3)cs2)CC1. The Kier molecular flexibility index (Phi) is 8.71. The summed E-state index contributed by atoms with van der Waals surface area (Å²) in [6.07, 6.45) is -2.27. The Bertz CT molecular complexity index is 1430. The van der Waals surface area contributed by atoms with E-state index in [2.05, 4.69) is 32.7 Å². The topological polar surface area (TPSA) is 86.1 Å². The number of amides is 1. The van der Waals surface area contributed by atoms with Crippen LogP contribution in [-0.2, 0) is 15.8 Å². The molecule has 2 aromatic heterocycles. The van der Waals surface area contributed by atoms with Gasteiger partial charge in [-0.2, -0.15) is 13.2 Å². The summed E-state index contributed by atoms with van der Waals surface area (Å²) in [4.78, 5) is 28.8. The third kappa shape index (κ3) is 6.30. The zero-order chi connectivity index (χ0) is 28.4. The van der Waals surface area contributed by atoms with Crippen molar-refractivity contribution in [2.75, 3.05) is 26.8 Å². The van der Waals surface area contributed by atoms with E-state index in [4.69, 9.17) is 30.9 Å². The molecule has 0 spiro atoms. The number of ether oxygens (including phenoxy) is 2. The lowest BCUT2D eigenvalue weighted by Crippen LogP contribution is -2.40. The van der Waals surface area contributed by atoms with Crippen LogP contribution in [0.3, 0.4) is 0 Å². The normalized spacial score (nSPS) is 17.9. The van der Waals surface area contributed by atoms with Crippen LogP contribution in [0.2, 0.25) is 5.02 Å². The average molecular weight is 707 g/mol. The number of rotatable bonds is 7. The number of hydrogen-bond acceptors (Lipinski definition) is 8. The molecule has 0 N–H and O–H groups in total. The van der Waals surface area contributed by atoms with Crippen LogP contribution in [0.4, 0.5) is 13.2 Å². The van der Waals surface area contributed by atoms with Gasteiger partial charge in [0.15, 0.2) is 18.5 Å². The van der Waals surface area contributed by atoms with E-state index >= 15 is 0 Å². The second-order valence-electron chi connectivity index (χ2n) is 9.21. The van der Waals surface area contributed by atoms with Gasteiger partial charge in [0, 0.05) is 57.2 Å². The minimum absolute atomic E-state index is 0.0173. The van der Waals surface area contributed by atoms with Gasteiger partial charge in [0.05, 0.1) is 23.4 Å². The highest BCUT2D eigenvalue weighted by atomic mass is 127. The van der Waals surface area contributed by atoms with E-state index in [-0.39, 0.29) is 35.4 Å². The van der Waals surface area contributed by atoms with Crippen molar-refractivity contribution in [2.24, 2.45) is 5.16 Å². The van der Waals surface area contributed by atoms with Gasteiger partial charge in [-0.15, -0.1) is 11.3 Å². The molecule has 1 saturated heterocycles. The lowest BCUT2D eigenvalue weighted by molar-refractivity contribution is -0.139. The van der Waals surface area contributed by atoms with Crippen LogP contribution in [0.25, 0.3) is 0 Å². The fraction of sp³-hybridized carbons (Fsp3) is 0.385. The molecule has 40 heavy (non-hydrogen) atoms. The van der Waals surface area contributed by atoms with Gasteiger partial charge in [0.2, 0.25) is 0 Å². The Morgan fingerprint density at radius 2 is 2.08 bits per heavy atom. The van der Waals surface area contributed by atoms with Crippen LogP contribution in [0.5, 0.6) is 11.6 Å². The summed E-state index contributed by atoms with van der Waals surface area (Å²) in [7, 11) is 1.49. The Balaban J connectivity index is 1.16. The molecule has 2 aliphatic heterocycles. The van der Waals surface area contributed by atoms with E-state index in [1.807, 2.05) is 5.38 Å². The molecule has 5 rings (SSSR count). The maximum Gasteiger partial charge on any atom is 0.416 e.